The minimum absolute atomic E-state index is 0.124. The summed E-state index contributed by atoms with van der Waals surface area (Å²) in [6, 6.07) is 12.8. The van der Waals surface area contributed by atoms with Crippen LogP contribution in [0.15, 0.2) is 53.4 Å². The van der Waals surface area contributed by atoms with Gasteiger partial charge in [-0.05, 0) is 49.4 Å². The molecule has 2 aromatic carbocycles. The minimum Gasteiger partial charge on any atom is -0.494 e. The molecule has 0 heterocycles. The Hall–Kier alpha value is -1.72. The zero-order valence-electron chi connectivity index (χ0n) is 10.8. The van der Waals surface area contributed by atoms with E-state index in [1.54, 1.807) is 36.4 Å². The van der Waals surface area contributed by atoms with Gasteiger partial charge in [0.15, 0.2) is 0 Å². The highest BCUT2D eigenvalue weighted by atomic mass is 35.5. The molecule has 0 aliphatic carbocycles. The SMILES string of the molecule is CCOc1ccc(NS(=O)(=O)c2cccc(Cl)c2)cc1. The second kappa shape index (κ2) is 6.15. The standard InChI is InChI=1S/C14H14ClNO3S/c1-2-19-13-8-6-12(7-9-13)16-20(17,18)14-5-3-4-11(15)10-14/h3-10,16H,2H2,1H3. The molecule has 1 N–H and O–H groups in total. The molecule has 0 saturated heterocycles. The van der Waals surface area contributed by atoms with Crippen molar-refractivity contribution in [2.45, 2.75) is 11.8 Å². The quantitative estimate of drug-likeness (QED) is 0.919. The lowest BCUT2D eigenvalue weighted by Gasteiger charge is -2.09. The highest BCUT2D eigenvalue weighted by Crippen LogP contribution is 2.21. The largest absolute Gasteiger partial charge is 0.494 e. The minimum atomic E-state index is -3.64. The van der Waals surface area contributed by atoms with Crippen molar-refractivity contribution >= 4 is 27.3 Å². The van der Waals surface area contributed by atoms with Gasteiger partial charge < -0.3 is 4.74 Å². The van der Waals surface area contributed by atoms with Gasteiger partial charge in [-0.15, -0.1) is 0 Å². The van der Waals surface area contributed by atoms with E-state index in [0.717, 1.165) is 0 Å². The fraction of sp³-hybridized carbons (Fsp3) is 0.143. The van der Waals surface area contributed by atoms with Crippen LogP contribution in [0, 0.1) is 0 Å². The number of sulfonamides is 1. The number of hydrogen-bond acceptors (Lipinski definition) is 3. The number of anilines is 1. The third-order valence-electron chi connectivity index (χ3n) is 2.52. The van der Waals surface area contributed by atoms with Crippen molar-refractivity contribution in [2.24, 2.45) is 0 Å². The van der Waals surface area contributed by atoms with Crippen LogP contribution in [-0.4, -0.2) is 15.0 Å². The highest BCUT2D eigenvalue weighted by Gasteiger charge is 2.14. The van der Waals surface area contributed by atoms with Crippen molar-refractivity contribution in [3.63, 3.8) is 0 Å². The summed E-state index contributed by atoms with van der Waals surface area (Å²) in [6.45, 7) is 2.45. The molecular weight excluding hydrogens is 298 g/mol. The van der Waals surface area contributed by atoms with E-state index in [1.807, 2.05) is 6.92 Å². The Balaban J connectivity index is 2.20. The van der Waals surface area contributed by atoms with Gasteiger partial charge in [0.2, 0.25) is 0 Å². The van der Waals surface area contributed by atoms with E-state index in [-0.39, 0.29) is 4.90 Å². The smallest absolute Gasteiger partial charge is 0.261 e. The first-order valence-corrected chi connectivity index (χ1v) is 7.88. The molecule has 0 spiro atoms. The van der Waals surface area contributed by atoms with Crippen molar-refractivity contribution in [1.29, 1.82) is 0 Å². The van der Waals surface area contributed by atoms with Crippen molar-refractivity contribution in [1.82, 2.24) is 0 Å². The van der Waals surface area contributed by atoms with Gasteiger partial charge in [0, 0.05) is 10.7 Å². The fourth-order valence-corrected chi connectivity index (χ4v) is 2.99. The second-order valence-corrected chi connectivity index (χ2v) is 6.14. The van der Waals surface area contributed by atoms with Gasteiger partial charge in [-0.2, -0.15) is 0 Å². The Bertz CT molecular complexity index is 684. The summed E-state index contributed by atoms with van der Waals surface area (Å²) >= 11 is 5.80. The Morgan fingerprint density at radius 3 is 2.45 bits per heavy atom. The number of nitrogens with one attached hydrogen (secondary N) is 1. The second-order valence-electron chi connectivity index (χ2n) is 4.02. The van der Waals surface area contributed by atoms with Crippen LogP contribution in [0.25, 0.3) is 0 Å². The number of benzene rings is 2. The lowest BCUT2D eigenvalue weighted by molar-refractivity contribution is 0.340. The zero-order chi connectivity index (χ0) is 14.6. The van der Waals surface area contributed by atoms with Gasteiger partial charge in [0.1, 0.15) is 5.75 Å². The molecule has 0 amide bonds. The maximum absolute atomic E-state index is 12.2. The van der Waals surface area contributed by atoms with Crippen LogP contribution < -0.4 is 9.46 Å². The van der Waals surface area contributed by atoms with E-state index in [0.29, 0.717) is 23.1 Å². The van der Waals surface area contributed by atoms with E-state index in [9.17, 15) is 8.42 Å². The first kappa shape index (κ1) is 14.7. The van der Waals surface area contributed by atoms with Gasteiger partial charge in [0.05, 0.1) is 11.5 Å². The molecule has 0 atom stereocenters. The average molecular weight is 312 g/mol. The van der Waals surface area contributed by atoms with Gasteiger partial charge in [-0.25, -0.2) is 8.42 Å². The average Bonchev–Trinajstić information content (AvgIpc) is 2.41. The lowest BCUT2D eigenvalue weighted by Crippen LogP contribution is -2.12. The van der Waals surface area contributed by atoms with Crippen molar-refractivity contribution < 1.29 is 13.2 Å². The van der Waals surface area contributed by atoms with Gasteiger partial charge >= 0.3 is 0 Å². The van der Waals surface area contributed by atoms with Crippen LogP contribution in [0.4, 0.5) is 5.69 Å². The van der Waals surface area contributed by atoms with Crippen molar-refractivity contribution in [3.05, 3.63) is 53.6 Å². The molecule has 0 aromatic heterocycles. The third-order valence-corrected chi connectivity index (χ3v) is 4.14. The van der Waals surface area contributed by atoms with Crippen LogP contribution in [0.2, 0.25) is 5.02 Å². The molecule has 0 saturated carbocycles. The fourth-order valence-electron chi connectivity index (χ4n) is 1.63. The van der Waals surface area contributed by atoms with Crippen LogP contribution in [-0.2, 0) is 10.0 Å². The summed E-state index contributed by atoms with van der Waals surface area (Å²) in [6.07, 6.45) is 0. The number of ether oxygens (including phenoxy) is 1. The highest BCUT2D eigenvalue weighted by molar-refractivity contribution is 7.92. The molecule has 2 rings (SSSR count). The van der Waals surface area contributed by atoms with Gasteiger partial charge in [-0.3, -0.25) is 4.72 Å². The first-order chi connectivity index (χ1) is 9.51. The summed E-state index contributed by atoms with van der Waals surface area (Å²) in [5.74, 6) is 0.693. The van der Waals surface area contributed by atoms with E-state index < -0.39 is 10.0 Å². The topological polar surface area (TPSA) is 55.4 Å². The van der Waals surface area contributed by atoms with E-state index >= 15 is 0 Å². The molecule has 106 valence electrons. The Labute approximate surface area is 123 Å². The summed E-state index contributed by atoms with van der Waals surface area (Å²) in [5.41, 5.74) is 0.466. The van der Waals surface area contributed by atoms with E-state index in [2.05, 4.69) is 4.72 Å². The normalized spacial score (nSPS) is 11.1. The molecule has 0 unspecified atom stereocenters. The van der Waals surface area contributed by atoms with Crippen LogP contribution in [0.5, 0.6) is 5.75 Å². The summed E-state index contributed by atoms with van der Waals surface area (Å²) in [4.78, 5) is 0.124. The maximum Gasteiger partial charge on any atom is 0.261 e. The molecule has 0 bridgehead atoms. The third kappa shape index (κ3) is 3.65. The molecule has 0 fully saturated rings. The molecule has 4 nitrogen and oxygen atoms in total. The van der Waals surface area contributed by atoms with Crippen LogP contribution in [0.1, 0.15) is 6.92 Å². The molecular formula is C14H14ClNO3S. The zero-order valence-corrected chi connectivity index (χ0v) is 12.4. The molecule has 6 heteroatoms. The van der Waals surface area contributed by atoms with Crippen LogP contribution >= 0.6 is 11.6 Å². The first-order valence-electron chi connectivity index (χ1n) is 6.02. The Kier molecular flexibility index (Phi) is 4.52. The number of rotatable bonds is 5. The van der Waals surface area contributed by atoms with E-state index in [1.165, 1.54) is 12.1 Å². The molecule has 20 heavy (non-hydrogen) atoms. The maximum atomic E-state index is 12.2. The Morgan fingerprint density at radius 1 is 1.15 bits per heavy atom. The monoisotopic (exact) mass is 311 g/mol. The van der Waals surface area contributed by atoms with Gasteiger partial charge in [-0.1, -0.05) is 17.7 Å². The number of hydrogen-bond donors (Lipinski definition) is 1. The lowest BCUT2D eigenvalue weighted by atomic mass is 10.3. The van der Waals surface area contributed by atoms with Crippen molar-refractivity contribution in [2.75, 3.05) is 11.3 Å². The molecule has 0 aliphatic rings. The van der Waals surface area contributed by atoms with Crippen molar-refractivity contribution in [3.8, 4) is 5.75 Å². The summed E-state index contributed by atoms with van der Waals surface area (Å²) in [5, 5.41) is 0.375. The number of halogens is 1. The van der Waals surface area contributed by atoms with Crippen LogP contribution in [0.3, 0.4) is 0 Å². The molecule has 0 aliphatic heterocycles. The van der Waals surface area contributed by atoms with Gasteiger partial charge in [0.25, 0.3) is 10.0 Å². The predicted molar refractivity (Wildman–Crippen MR) is 79.9 cm³/mol. The predicted octanol–water partition coefficient (Wildman–Crippen LogP) is 3.54. The Morgan fingerprint density at radius 2 is 1.85 bits per heavy atom. The molecule has 2 aromatic rings. The summed E-state index contributed by atoms with van der Waals surface area (Å²) in [7, 11) is -3.64. The summed E-state index contributed by atoms with van der Waals surface area (Å²) < 4.78 is 32.1. The van der Waals surface area contributed by atoms with E-state index in [4.69, 9.17) is 16.3 Å². The molecule has 0 radical (unpaired) electrons.